The Morgan fingerprint density at radius 2 is 2.35 bits per heavy atom. The summed E-state index contributed by atoms with van der Waals surface area (Å²) in [6.07, 6.45) is -1.65. The van der Waals surface area contributed by atoms with Gasteiger partial charge in [0.15, 0.2) is 0 Å². The van der Waals surface area contributed by atoms with E-state index in [4.69, 9.17) is 9.84 Å². The molecule has 8 heteroatoms. The number of aromatic amines is 1. The molecule has 2 heterocycles. The number of alkyl halides is 1. The second kappa shape index (κ2) is 4.06. The highest BCUT2D eigenvalue weighted by Gasteiger charge is 2.49. The number of aromatic nitrogens is 2. The highest BCUT2D eigenvalue weighted by molar-refractivity contribution is 4.91. The summed E-state index contributed by atoms with van der Waals surface area (Å²) in [6, 6.07) is 1.08. The van der Waals surface area contributed by atoms with Crippen molar-refractivity contribution in [3.8, 4) is 0 Å². The van der Waals surface area contributed by atoms with E-state index < -0.39 is 36.0 Å². The maximum absolute atomic E-state index is 13.7. The minimum atomic E-state index is -2.58. The number of aliphatic hydroxyl groups is 2. The molecule has 0 bridgehead atoms. The fraction of sp³-hybridized carbons (Fsp3) is 0.556. The Morgan fingerprint density at radius 1 is 1.65 bits per heavy atom. The van der Waals surface area contributed by atoms with Gasteiger partial charge in [0.25, 0.3) is 11.4 Å². The first-order valence-corrected chi connectivity index (χ1v) is 4.93. The van der Waals surface area contributed by atoms with Crippen LogP contribution < -0.4 is 11.2 Å². The van der Waals surface area contributed by atoms with Crippen LogP contribution in [0.4, 0.5) is 4.39 Å². The summed E-state index contributed by atoms with van der Waals surface area (Å²) >= 11 is 0. The van der Waals surface area contributed by atoms with Crippen molar-refractivity contribution >= 4 is 0 Å². The van der Waals surface area contributed by atoms with Gasteiger partial charge < -0.3 is 14.9 Å². The third kappa shape index (κ3) is 2.02. The van der Waals surface area contributed by atoms with E-state index >= 15 is 0 Å². The van der Waals surface area contributed by atoms with Crippen LogP contribution in [0.25, 0.3) is 0 Å². The van der Waals surface area contributed by atoms with Gasteiger partial charge in [-0.1, -0.05) is 0 Å². The van der Waals surface area contributed by atoms with Gasteiger partial charge in [0, 0.05) is 18.7 Å². The van der Waals surface area contributed by atoms with Gasteiger partial charge in [0.2, 0.25) is 0 Å². The maximum Gasteiger partial charge on any atom is 0.330 e. The highest BCUT2D eigenvalue weighted by Crippen LogP contribution is 2.36. The van der Waals surface area contributed by atoms with Gasteiger partial charge >= 0.3 is 5.69 Å². The first-order valence-electron chi connectivity index (χ1n) is 4.93. The van der Waals surface area contributed by atoms with Gasteiger partial charge in [-0.2, -0.15) is 0 Å². The molecule has 94 valence electrons. The quantitative estimate of drug-likeness (QED) is 0.587. The summed E-state index contributed by atoms with van der Waals surface area (Å²) < 4.78 is 19.4. The monoisotopic (exact) mass is 246 g/mol. The van der Waals surface area contributed by atoms with Gasteiger partial charge in [-0.3, -0.25) is 14.3 Å². The van der Waals surface area contributed by atoms with E-state index in [0.717, 1.165) is 16.8 Å². The topological polar surface area (TPSA) is 105 Å². The molecule has 2 rings (SSSR count). The number of hydrogen-bond acceptors (Lipinski definition) is 5. The zero-order valence-electron chi connectivity index (χ0n) is 8.67. The SMILES string of the molecule is O=c1ccn([C@H]2C[C@H](O)[C@@](F)(CO)O2)c(=O)[nH]1. The molecular formula is C9H11FN2O5. The van der Waals surface area contributed by atoms with Crippen LogP contribution in [0.15, 0.2) is 21.9 Å². The molecule has 0 spiro atoms. The molecule has 1 aliphatic heterocycles. The Labute approximate surface area is 94.1 Å². The van der Waals surface area contributed by atoms with E-state index in [0.29, 0.717) is 0 Å². The van der Waals surface area contributed by atoms with Crippen molar-refractivity contribution in [1.29, 1.82) is 0 Å². The van der Waals surface area contributed by atoms with E-state index in [1.165, 1.54) is 0 Å². The molecule has 3 N–H and O–H groups in total. The minimum absolute atomic E-state index is 0.191. The summed E-state index contributed by atoms with van der Waals surface area (Å²) in [5.41, 5.74) is -1.35. The van der Waals surface area contributed by atoms with Crippen molar-refractivity contribution in [2.24, 2.45) is 0 Å². The number of hydrogen-bond donors (Lipinski definition) is 3. The lowest BCUT2D eigenvalue weighted by molar-refractivity contribution is -0.207. The van der Waals surface area contributed by atoms with Crippen molar-refractivity contribution in [2.75, 3.05) is 6.61 Å². The summed E-state index contributed by atoms with van der Waals surface area (Å²) in [4.78, 5) is 24.2. The normalized spacial score (nSPS) is 32.9. The van der Waals surface area contributed by atoms with Crippen LogP contribution in [0.1, 0.15) is 12.6 Å². The predicted molar refractivity (Wildman–Crippen MR) is 53.0 cm³/mol. The summed E-state index contributed by atoms with van der Waals surface area (Å²) in [7, 11) is 0. The van der Waals surface area contributed by atoms with E-state index in [-0.39, 0.29) is 6.42 Å². The molecule has 0 saturated carbocycles. The number of nitrogens with zero attached hydrogens (tertiary/aromatic N) is 1. The third-order valence-electron chi connectivity index (χ3n) is 2.63. The molecule has 1 fully saturated rings. The van der Waals surface area contributed by atoms with Crippen molar-refractivity contribution < 1.29 is 19.3 Å². The molecule has 0 radical (unpaired) electrons. The minimum Gasteiger partial charge on any atom is -0.390 e. The number of nitrogens with one attached hydrogen (secondary N) is 1. The van der Waals surface area contributed by atoms with Gasteiger partial charge in [-0.05, 0) is 0 Å². The van der Waals surface area contributed by atoms with Crippen LogP contribution in [-0.4, -0.2) is 38.3 Å². The van der Waals surface area contributed by atoms with E-state index in [1.807, 2.05) is 4.98 Å². The Hall–Kier alpha value is -1.51. The lowest BCUT2D eigenvalue weighted by atomic mass is 10.1. The lowest BCUT2D eigenvalue weighted by Gasteiger charge is -2.20. The maximum atomic E-state index is 13.7. The number of ether oxygens (including phenoxy) is 1. The second-order valence-electron chi connectivity index (χ2n) is 3.79. The molecule has 1 saturated heterocycles. The Morgan fingerprint density at radius 3 is 2.88 bits per heavy atom. The van der Waals surface area contributed by atoms with E-state index in [1.54, 1.807) is 0 Å². The third-order valence-corrected chi connectivity index (χ3v) is 2.63. The molecule has 3 atom stereocenters. The highest BCUT2D eigenvalue weighted by atomic mass is 19.2. The Balaban J connectivity index is 2.32. The molecule has 0 aromatic carbocycles. The van der Waals surface area contributed by atoms with Crippen molar-refractivity contribution in [3.63, 3.8) is 0 Å². The van der Waals surface area contributed by atoms with Crippen LogP contribution in [-0.2, 0) is 4.74 Å². The molecule has 1 aromatic rings. The number of aliphatic hydroxyl groups excluding tert-OH is 2. The summed E-state index contributed by atoms with van der Waals surface area (Å²) in [5.74, 6) is -2.58. The van der Waals surface area contributed by atoms with Crippen molar-refractivity contribution in [2.45, 2.75) is 24.6 Å². The lowest BCUT2D eigenvalue weighted by Crippen LogP contribution is -2.38. The second-order valence-corrected chi connectivity index (χ2v) is 3.79. The molecule has 0 aliphatic carbocycles. The first kappa shape index (κ1) is 12.0. The molecule has 1 aliphatic rings. The van der Waals surface area contributed by atoms with Crippen LogP contribution >= 0.6 is 0 Å². The number of rotatable bonds is 2. The molecular weight excluding hydrogens is 235 g/mol. The number of H-pyrrole nitrogens is 1. The van der Waals surface area contributed by atoms with Gasteiger partial charge in [-0.15, -0.1) is 0 Å². The Kier molecular flexibility index (Phi) is 2.86. The fourth-order valence-electron chi connectivity index (χ4n) is 1.69. The van der Waals surface area contributed by atoms with Gasteiger partial charge in [0.05, 0.1) is 0 Å². The van der Waals surface area contributed by atoms with Crippen LogP contribution in [0.2, 0.25) is 0 Å². The standard InChI is InChI=1S/C9H11FN2O5/c10-9(4-13)5(14)3-7(17-9)12-2-1-6(15)11-8(12)16/h1-2,5,7,13-14H,3-4H2,(H,11,15,16)/t5-,7+,9+/m0/s1. The van der Waals surface area contributed by atoms with Crippen molar-refractivity contribution in [3.05, 3.63) is 33.1 Å². The van der Waals surface area contributed by atoms with Gasteiger partial charge in [-0.25, -0.2) is 9.18 Å². The van der Waals surface area contributed by atoms with Crippen LogP contribution in [0.5, 0.6) is 0 Å². The van der Waals surface area contributed by atoms with Gasteiger partial charge in [0.1, 0.15) is 18.9 Å². The average Bonchev–Trinajstić information content (AvgIpc) is 2.56. The Bertz CT molecular complexity index is 527. The summed E-state index contributed by atoms with van der Waals surface area (Å²) in [5, 5.41) is 18.1. The molecule has 1 aromatic heterocycles. The number of halogens is 1. The molecule has 0 amide bonds. The average molecular weight is 246 g/mol. The summed E-state index contributed by atoms with van der Waals surface area (Å²) in [6.45, 7) is -1.01. The zero-order chi connectivity index (χ0) is 12.6. The largest absolute Gasteiger partial charge is 0.390 e. The predicted octanol–water partition coefficient (Wildman–Crippen LogP) is -1.53. The fourth-order valence-corrected chi connectivity index (χ4v) is 1.69. The smallest absolute Gasteiger partial charge is 0.330 e. The van der Waals surface area contributed by atoms with Crippen LogP contribution in [0.3, 0.4) is 0 Å². The first-order chi connectivity index (χ1) is 7.96. The van der Waals surface area contributed by atoms with Crippen LogP contribution in [0, 0.1) is 0 Å². The molecule has 7 nitrogen and oxygen atoms in total. The van der Waals surface area contributed by atoms with Crippen molar-refractivity contribution in [1.82, 2.24) is 9.55 Å². The molecule has 0 unspecified atom stereocenters. The zero-order valence-corrected chi connectivity index (χ0v) is 8.67. The molecule has 17 heavy (non-hydrogen) atoms. The van der Waals surface area contributed by atoms with E-state index in [9.17, 15) is 19.1 Å². The van der Waals surface area contributed by atoms with E-state index in [2.05, 4.69) is 0 Å².